The Kier molecular flexibility index (Phi) is 5.29. The number of nitrogens with zero attached hydrogens (tertiary/aromatic N) is 2. The van der Waals surface area contributed by atoms with Crippen molar-refractivity contribution in [3.63, 3.8) is 0 Å². The Morgan fingerprint density at radius 2 is 2.12 bits per heavy atom. The van der Waals surface area contributed by atoms with E-state index in [1.54, 1.807) is 6.20 Å². The summed E-state index contributed by atoms with van der Waals surface area (Å²) < 4.78 is 17.6. The molecule has 6 heteroatoms. The van der Waals surface area contributed by atoms with Crippen LogP contribution in [0.2, 0.25) is 0 Å². The predicted octanol–water partition coefficient (Wildman–Crippen LogP) is 1.78. The molecule has 3 aliphatic rings. The van der Waals surface area contributed by atoms with Crippen molar-refractivity contribution in [2.75, 3.05) is 26.4 Å². The Labute approximate surface area is 148 Å². The SMILES string of the molecule is O=C(C1CCOCC1)N1CCOC2CCC1C2OCc1cccnc1. The molecule has 1 aromatic rings. The standard InChI is InChI=1S/C19H26N2O4/c22-19(15-5-9-23-10-6-15)21-8-11-24-17-4-3-16(21)18(17)25-13-14-2-1-7-20-12-14/h1-2,7,12,15-18H,3-6,8-11,13H2. The van der Waals surface area contributed by atoms with Crippen LogP contribution in [0.25, 0.3) is 0 Å². The lowest BCUT2D eigenvalue weighted by Crippen LogP contribution is -2.49. The first-order chi connectivity index (χ1) is 12.3. The molecule has 2 bridgehead atoms. The number of ether oxygens (including phenoxy) is 3. The zero-order valence-corrected chi connectivity index (χ0v) is 14.5. The van der Waals surface area contributed by atoms with Crippen molar-refractivity contribution < 1.29 is 19.0 Å². The summed E-state index contributed by atoms with van der Waals surface area (Å²) in [7, 11) is 0. The molecule has 0 N–H and O–H groups in total. The number of hydrogen-bond acceptors (Lipinski definition) is 5. The van der Waals surface area contributed by atoms with Gasteiger partial charge in [-0.1, -0.05) is 6.07 Å². The highest BCUT2D eigenvalue weighted by Crippen LogP contribution is 2.34. The molecular weight excluding hydrogens is 320 g/mol. The molecule has 0 radical (unpaired) electrons. The lowest BCUT2D eigenvalue weighted by atomic mass is 9.97. The summed E-state index contributed by atoms with van der Waals surface area (Å²) >= 11 is 0. The van der Waals surface area contributed by atoms with Crippen molar-refractivity contribution in [3.05, 3.63) is 30.1 Å². The van der Waals surface area contributed by atoms with Crippen LogP contribution in [0.4, 0.5) is 0 Å². The molecule has 1 amide bonds. The number of amides is 1. The Balaban J connectivity index is 1.45. The van der Waals surface area contributed by atoms with Crippen molar-refractivity contribution in [1.82, 2.24) is 9.88 Å². The van der Waals surface area contributed by atoms with Crippen molar-refractivity contribution >= 4 is 5.91 Å². The van der Waals surface area contributed by atoms with Gasteiger partial charge in [-0.15, -0.1) is 0 Å². The topological polar surface area (TPSA) is 60.9 Å². The highest BCUT2D eigenvalue weighted by molar-refractivity contribution is 5.79. The summed E-state index contributed by atoms with van der Waals surface area (Å²) in [6, 6.07) is 4.05. The second kappa shape index (κ2) is 7.81. The number of aromatic nitrogens is 1. The molecule has 6 nitrogen and oxygen atoms in total. The van der Waals surface area contributed by atoms with Crippen molar-refractivity contribution in [2.24, 2.45) is 5.92 Å². The third kappa shape index (κ3) is 3.71. The van der Waals surface area contributed by atoms with E-state index in [2.05, 4.69) is 4.98 Å². The molecule has 1 aliphatic carbocycles. The van der Waals surface area contributed by atoms with Gasteiger partial charge in [-0.3, -0.25) is 9.78 Å². The van der Waals surface area contributed by atoms with Crippen LogP contribution < -0.4 is 0 Å². The molecule has 3 heterocycles. The fraction of sp³-hybridized carbons (Fsp3) is 0.684. The molecular formula is C19H26N2O4. The van der Waals surface area contributed by atoms with Gasteiger partial charge in [0.05, 0.1) is 25.4 Å². The number of carbonyl (C=O) groups is 1. The lowest BCUT2D eigenvalue weighted by Gasteiger charge is -2.35. The van der Waals surface area contributed by atoms with Gasteiger partial charge in [0.1, 0.15) is 6.10 Å². The summed E-state index contributed by atoms with van der Waals surface area (Å²) in [5.74, 6) is 0.347. The van der Waals surface area contributed by atoms with E-state index >= 15 is 0 Å². The molecule has 3 unspecified atom stereocenters. The van der Waals surface area contributed by atoms with E-state index in [1.807, 2.05) is 23.2 Å². The Morgan fingerprint density at radius 3 is 2.92 bits per heavy atom. The molecule has 0 aromatic carbocycles. The summed E-state index contributed by atoms with van der Waals surface area (Å²) in [5, 5.41) is 0. The van der Waals surface area contributed by atoms with E-state index in [4.69, 9.17) is 14.2 Å². The van der Waals surface area contributed by atoms with Gasteiger partial charge in [-0.05, 0) is 37.3 Å². The summed E-state index contributed by atoms with van der Waals surface area (Å²) in [4.78, 5) is 19.2. The third-order valence-electron chi connectivity index (χ3n) is 5.58. The minimum absolute atomic E-state index is 0.0495. The van der Waals surface area contributed by atoms with E-state index in [9.17, 15) is 4.79 Å². The molecule has 1 saturated carbocycles. The zero-order chi connectivity index (χ0) is 17.1. The number of fused-ring (bicyclic) bond motifs is 2. The van der Waals surface area contributed by atoms with Crippen LogP contribution in [0.3, 0.4) is 0 Å². The lowest BCUT2D eigenvalue weighted by molar-refractivity contribution is -0.143. The van der Waals surface area contributed by atoms with E-state index in [0.29, 0.717) is 33.0 Å². The molecule has 0 spiro atoms. The fourth-order valence-corrected chi connectivity index (χ4v) is 4.24. The predicted molar refractivity (Wildman–Crippen MR) is 90.8 cm³/mol. The van der Waals surface area contributed by atoms with Gasteiger partial charge in [0.15, 0.2) is 0 Å². The number of carbonyl (C=O) groups excluding carboxylic acids is 1. The number of rotatable bonds is 4. The molecule has 25 heavy (non-hydrogen) atoms. The van der Waals surface area contributed by atoms with Gasteiger partial charge in [-0.2, -0.15) is 0 Å². The van der Waals surface area contributed by atoms with E-state index in [-0.39, 0.29) is 30.1 Å². The zero-order valence-electron chi connectivity index (χ0n) is 14.5. The van der Waals surface area contributed by atoms with Crippen LogP contribution in [0.15, 0.2) is 24.5 Å². The average Bonchev–Trinajstić information content (AvgIpc) is 2.96. The fourth-order valence-electron chi connectivity index (χ4n) is 4.24. The molecule has 3 fully saturated rings. The van der Waals surface area contributed by atoms with Crippen LogP contribution in [-0.2, 0) is 25.6 Å². The maximum absolute atomic E-state index is 13.1. The number of hydrogen-bond donors (Lipinski definition) is 0. The quantitative estimate of drug-likeness (QED) is 0.832. The van der Waals surface area contributed by atoms with E-state index in [0.717, 1.165) is 31.2 Å². The summed E-state index contributed by atoms with van der Waals surface area (Å²) in [6.45, 7) is 3.16. The van der Waals surface area contributed by atoms with Crippen molar-refractivity contribution in [3.8, 4) is 0 Å². The smallest absolute Gasteiger partial charge is 0.226 e. The maximum atomic E-state index is 13.1. The van der Waals surface area contributed by atoms with Crippen LogP contribution >= 0.6 is 0 Å². The molecule has 3 atom stereocenters. The molecule has 2 aliphatic heterocycles. The number of pyridine rings is 1. The van der Waals surface area contributed by atoms with Gasteiger partial charge < -0.3 is 19.1 Å². The van der Waals surface area contributed by atoms with Crippen LogP contribution in [-0.4, -0.2) is 60.4 Å². The minimum atomic E-state index is -0.0495. The van der Waals surface area contributed by atoms with Gasteiger partial charge in [0, 0.05) is 38.1 Å². The second-order valence-electron chi connectivity index (χ2n) is 7.11. The first kappa shape index (κ1) is 16.9. The molecule has 2 saturated heterocycles. The Morgan fingerprint density at radius 1 is 1.24 bits per heavy atom. The van der Waals surface area contributed by atoms with Crippen LogP contribution in [0.1, 0.15) is 31.2 Å². The monoisotopic (exact) mass is 346 g/mol. The Hall–Kier alpha value is -1.50. The van der Waals surface area contributed by atoms with E-state index < -0.39 is 0 Å². The molecule has 136 valence electrons. The van der Waals surface area contributed by atoms with E-state index in [1.165, 1.54) is 0 Å². The Bertz CT molecular complexity index is 576. The normalized spacial score (nSPS) is 30.2. The highest BCUT2D eigenvalue weighted by atomic mass is 16.5. The molecule has 4 rings (SSSR count). The summed E-state index contributed by atoms with van der Waals surface area (Å²) in [5.41, 5.74) is 1.05. The van der Waals surface area contributed by atoms with Gasteiger partial charge in [0.2, 0.25) is 5.91 Å². The second-order valence-corrected chi connectivity index (χ2v) is 7.11. The van der Waals surface area contributed by atoms with Crippen molar-refractivity contribution in [1.29, 1.82) is 0 Å². The maximum Gasteiger partial charge on any atom is 0.226 e. The van der Waals surface area contributed by atoms with Gasteiger partial charge >= 0.3 is 0 Å². The minimum Gasteiger partial charge on any atom is -0.381 e. The van der Waals surface area contributed by atoms with Gasteiger partial charge in [0.25, 0.3) is 0 Å². The average molecular weight is 346 g/mol. The highest BCUT2D eigenvalue weighted by Gasteiger charge is 2.45. The van der Waals surface area contributed by atoms with Crippen molar-refractivity contribution in [2.45, 2.75) is 50.5 Å². The van der Waals surface area contributed by atoms with Gasteiger partial charge in [-0.25, -0.2) is 0 Å². The first-order valence-corrected chi connectivity index (χ1v) is 9.33. The molecule has 1 aromatic heterocycles. The largest absolute Gasteiger partial charge is 0.381 e. The van der Waals surface area contributed by atoms with Crippen LogP contribution in [0.5, 0.6) is 0 Å². The first-order valence-electron chi connectivity index (χ1n) is 9.33. The third-order valence-corrected chi connectivity index (χ3v) is 5.58. The van der Waals surface area contributed by atoms with Crippen LogP contribution in [0, 0.1) is 5.92 Å². The summed E-state index contributed by atoms with van der Waals surface area (Å²) in [6.07, 6.45) is 7.19.